The average molecular weight is 276 g/mol. The molecule has 0 aliphatic rings. The molecule has 5 nitrogen and oxygen atoms in total. The molecule has 0 N–H and O–H groups in total. The van der Waals surface area contributed by atoms with E-state index in [1.807, 2.05) is 0 Å². The predicted molar refractivity (Wildman–Crippen MR) is 76.6 cm³/mol. The molecule has 0 atom stereocenters. The molecule has 0 radical (unpaired) electrons. The van der Waals surface area contributed by atoms with Gasteiger partial charge in [0.05, 0.1) is 6.54 Å². The van der Waals surface area contributed by atoms with Crippen molar-refractivity contribution >= 4 is 11.9 Å². The number of amides is 1. The van der Waals surface area contributed by atoms with E-state index >= 15 is 0 Å². The standard InChI is InChI=1S/C15H20N2O3/c1-5-10-17(14(19)20-15(2,3)4)11-13(18)12-6-8-16-9-7-12/h5-9H,1,10-11H2,2-4H3. The Morgan fingerprint density at radius 3 is 2.45 bits per heavy atom. The van der Waals surface area contributed by atoms with Gasteiger partial charge in [0.1, 0.15) is 5.60 Å². The van der Waals surface area contributed by atoms with Crippen molar-refractivity contribution in [2.24, 2.45) is 0 Å². The van der Waals surface area contributed by atoms with Crippen LogP contribution in [0, 0.1) is 0 Å². The Hall–Kier alpha value is -2.17. The number of pyridine rings is 1. The van der Waals surface area contributed by atoms with Gasteiger partial charge in [-0.2, -0.15) is 0 Å². The highest BCUT2D eigenvalue weighted by Crippen LogP contribution is 2.11. The summed E-state index contributed by atoms with van der Waals surface area (Å²) in [4.78, 5) is 29.3. The van der Waals surface area contributed by atoms with Crippen LogP contribution in [-0.4, -0.2) is 40.5 Å². The van der Waals surface area contributed by atoms with E-state index in [9.17, 15) is 9.59 Å². The monoisotopic (exact) mass is 276 g/mol. The second kappa shape index (κ2) is 6.84. The van der Waals surface area contributed by atoms with Gasteiger partial charge in [0.25, 0.3) is 0 Å². The number of rotatable bonds is 5. The average Bonchev–Trinajstić information content (AvgIpc) is 2.37. The zero-order chi connectivity index (χ0) is 15.2. The molecule has 1 amide bonds. The third-order valence-electron chi connectivity index (χ3n) is 2.34. The van der Waals surface area contributed by atoms with Gasteiger partial charge in [-0.3, -0.25) is 14.7 Å². The molecular formula is C15H20N2O3. The van der Waals surface area contributed by atoms with E-state index in [4.69, 9.17) is 4.74 Å². The summed E-state index contributed by atoms with van der Waals surface area (Å²) < 4.78 is 5.26. The van der Waals surface area contributed by atoms with Crippen LogP contribution in [0.4, 0.5) is 4.79 Å². The summed E-state index contributed by atoms with van der Waals surface area (Å²) in [5.74, 6) is -0.167. The van der Waals surface area contributed by atoms with Crippen LogP contribution >= 0.6 is 0 Å². The summed E-state index contributed by atoms with van der Waals surface area (Å²) in [6.07, 6.45) is 4.11. The number of Topliss-reactive ketones (excluding diaryl/α,β-unsaturated/α-hetero) is 1. The van der Waals surface area contributed by atoms with Crippen LogP contribution in [0.1, 0.15) is 31.1 Å². The van der Waals surface area contributed by atoms with Gasteiger partial charge >= 0.3 is 6.09 Å². The topological polar surface area (TPSA) is 59.5 Å². The quantitative estimate of drug-likeness (QED) is 0.613. The van der Waals surface area contributed by atoms with Crippen molar-refractivity contribution in [3.05, 3.63) is 42.7 Å². The molecule has 0 unspecified atom stereocenters. The molecule has 0 aliphatic carbocycles. The van der Waals surface area contributed by atoms with Gasteiger partial charge in [0, 0.05) is 24.5 Å². The van der Waals surface area contributed by atoms with Gasteiger partial charge in [-0.15, -0.1) is 6.58 Å². The molecule has 20 heavy (non-hydrogen) atoms. The summed E-state index contributed by atoms with van der Waals surface area (Å²) in [5, 5.41) is 0. The van der Waals surface area contributed by atoms with E-state index in [0.717, 1.165) is 0 Å². The van der Waals surface area contributed by atoms with Crippen molar-refractivity contribution in [1.82, 2.24) is 9.88 Å². The first kappa shape index (κ1) is 15.9. The second-order valence-electron chi connectivity index (χ2n) is 5.31. The Bertz CT molecular complexity index is 478. The van der Waals surface area contributed by atoms with Gasteiger partial charge in [-0.1, -0.05) is 6.08 Å². The molecule has 1 aromatic rings. The fraction of sp³-hybridized carbons (Fsp3) is 0.400. The van der Waals surface area contributed by atoms with Gasteiger partial charge < -0.3 is 4.74 Å². The van der Waals surface area contributed by atoms with Crippen LogP contribution in [0.5, 0.6) is 0 Å². The highest BCUT2D eigenvalue weighted by atomic mass is 16.6. The van der Waals surface area contributed by atoms with Gasteiger partial charge in [0.2, 0.25) is 0 Å². The maximum absolute atomic E-state index is 12.1. The molecule has 0 aliphatic heterocycles. The van der Waals surface area contributed by atoms with E-state index in [2.05, 4.69) is 11.6 Å². The smallest absolute Gasteiger partial charge is 0.410 e. The van der Waals surface area contributed by atoms with Crippen LogP contribution < -0.4 is 0 Å². The molecule has 1 heterocycles. The molecule has 1 rings (SSSR count). The minimum atomic E-state index is -0.601. The number of carbonyl (C=O) groups is 2. The fourth-order valence-corrected chi connectivity index (χ4v) is 1.49. The predicted octanol–water partition coefficient (Wildman–Crippen LogP) is 2.69. The normalized spacial score (nSPS) is 10.8. The van der Waals surface area contributed by atoms with Gasteiger partial charge in [-0.25, -0.2) is 4.79 Å². The largest absolute Gasteiger partial charge is 0.444 e. The molecule has 0 bridgehead atoms. The maximum Gasteiger partial charge on any atom is 0.410 e. The summed E-state index contributed by atoms with van der Waals surface area (Å²) >= 11 is 0. The Balaban J connectivity index is 2.75. The summed E-state index contributed by atoms with van der Waals surface area (Å²) in [7, 11) is 0. The Morgan fingerprint density at radius 2 is 1.95 bits per heavy atom. The minimum Gasteiger partial charge on any atom is -0.444 e. The number of hydrogen-bond donors (Lipinski definition) is 0. The van der Waals surface area contributed by atoms with Crippen molar-refractivity contribution in [2.45, 2.75) is 26.4 Å². The van der Waals surface area contributed by atoms with Crippen molar-refractivity contribution in [3.63, 3.8) is 0 Å². The van der Waals surface area contributed by atoms with Crippen molar-refractivity contribution in [1.29, 1.82) is 0 Å². The molecule has 0 saturated carbocycles. The van der Waals surface area contributed by atoms with E-state index < -0.39 is 11.7 Å². The fourth-order valence-electron chi connectivity index (χ4n) is 1.49. The Kier molecular flexibility index (Phi) is 5.43. The van der Waals surface area contributed by atoms with Crippen molar-refractivity contribution in [3.8, 4) is 0 Å². The second-order valence-corrected chi connectivity index (χ2v) is 5.31. The van der Waals surface area contributed by atoms with E-state index in [1.165, 1.54) is 4.90 Å². The lowest BCUT2D eigenvalue weighted by Crippen LogP contribution is -2.39. The van der Waals surface area contributed by atoms with Crippen LogP contribution in [0.15, 0.2) is 37.2 Å². The highest BCUT2D eigenvalue weighted by Gasteiger charge is 2.23. The molecule has 0 spiro atoms. The number of ketones is 1. The van der Waals surface area contributed by atoms with Gasteiger partial charge in [-0.05, 0) is 32.9 Å². The summed E-state index contributed by atoms with van der Waals surface area (Å²) in [5.41, 5.74) is -0.0893. The molecular weight excluding hydrogens is 256 g/mol. The van der Waals surface area contributed by atoms with Crippen molar-refractivity contribution < 1.29 is 14.3 Å². The lowest BCUT2D eigenvalue weighted by Gasteiger charge is -2.26. The molecule has 108 valence electrons. The van der Waals surface area contributed by atoms with Gasteiger partial charge in [0.15, 0.2) is 5.78 Å². The molecule has 1 aromatic heterocycles. The zero-order valence-electron chi connectivity index (χ0n) is 12.1. The van der Waals surface area contributed by atoms with E-state index in [-0.39, 0.29) is 18.9 Å². The van der Waals surface area contributed by atoms with Crippen LogP contribution in [0.2, 0.25) is 0 Å². The summed E-state index contributed by atoms with van der Waals surface area (Å²) in [6, 6.07) is 3.23. The SMILES string of the molecule is C=CCN(CC(=O)c1ccncc1)C(=O)OC(C)(C)C. The first-order chi connectivity index (χ1) is 9.33. The van der Waals surface area contributed by atoms with E-state index in [0.29, 0.717) is 5.56 Å². The number of ether oxygens (including phenoxy) is 1. The lowest BCUT2D eigenvalue weighted by molar-refractivity contribution is 0.0268. The highest BCUT2D eigenvalue weighted by molar-refractivity contribution is 5.98. The molecule has 0 fully saturated rings. The first-order valence-electron chi connectivity index (χ1n) is 6.35. The summed E-state index contributed by atoms with van der Waals surface area (Å²) in [6.45, 7) is 9.13. The lowest BCUT2D eigenvalue weighted by atomic mass is 10.1. The zero-order valence-corrected chi connectivity index (χ0v) is 12.1. The minimum absolute atomic E-state index is 0.0506. The first-order valence-corrected chi connectivity index (χ1v) is 6.35. The number of carbonyl (C=O) groups excluding carboxylic acids is 2. The van der Waals surface area contributed by atoms with Crippen LogP contribution in [-0.2, 0) is 4.74 Å². The Morgan fingerprint density at radius 1 is 1.35 bits per heavy atom. The number of aromatic nitrogens is 1. The number of nitrogens with zero attached hydrogens (tertiary/aromatic N) is 2. The maximum atomic E-state index is 12.1. The molecule has 5 heteroatoms. The molecule has 0 saturated heterocycles. The van der Waals surface area contributed by atoms with Crippen molar-refractivity contribution in [2.75, 3.05) is 13.1 Å². The Labute approximate surface area is 119 Å². The number of hydrogen-bond acceptors (Lipinski definition) is 4. The molecule has 0 aromatic carbocycles. The van der Waals surface area contributed by atoms with E-state index in [1.54, 1.807) is 51.4 Å². The third-order valence-corrected chi connectivity index (χ3v) is 2.34. The third kappa shape index (κ3) is 5.22. The van der Waals surface area contributed by atoms with Crippen LogP contribution in [0.25, 0.3) is 0 Å². The van der Waals surface area contributed by atoms with Crippen LogP contribution in [0.3, 0.4) is 0 Å².